The Balaban J connectivity index is 2.07. The predicted octanol–water partition coefficient (Wildman–Crippen LogP) is 4.50. The summed E-state index contributed by atoms with van der Waals surface area (Å²) in [5, 5.41) is 6.60. The molecule has 0 aliphatic carbocycles. The Bertz CT molecular complexity index is 925. The maximum atomic E-state index is 13.6. The minimum Gasteiger partial charge on any atom is -0.712 e. The minimum absolute atomic E-state index is 0.0185. The first kappa shape index (κ1) is 32.7. The number of benzene rings is 1. The fourth-order valence-electron chi connectivity index (χ4n) is 4.96. The molecule has 39 heavy (non-hydrogen) atoms. The zero-order valence-corrected chi connectivity index (χ0v) is 24.5. The van der Waals surface area contributed by atoms with E-state index in [1.807, 2.05) is 52.0 Å². The first-order chi connectivity index (χ1) is 18.5. The highest BCUT2D eigenvalue weighted by atomic mass is 16.7. The van der Waals surface area contributed by atoms with Gasteiger partial charge in [-0.25, -0.2) is 0 Å². The number of amides is 2. The Morgan fingerprint density at radius 3 is 2.67 bits per heavy atom. The molecule has 1 aromatic rings. The van der Waals surface area contributed by atoms with Crippen LogP contribution in [-0.2, 0) is 19.1 Å². The van der Waals surface area contributed by atoms with Gasteiger partial charge in [-0.1, -0.05) is 53.2 Å². The van der Waals surface area contributed by atoms with Crippen LogP contribution in [0.5, 0.6) is 5.75 Å². The lowest BCUT2D eigenvalue weighted by molar-refractivity contribution is -0.126. The summed E-state index contributed by atoms with van der Waals surface area (Å²) in [7, 11) is 1.55. The number of anilines is 1. The van der Waals surface area contributed by atoms with Crippen molar-refractivity contribution >= 4 is 17.5 Å². The average Bonchev–Trinajstić information content (AvgIpc) is 2.89. The molecule has 10 heteroatoms. The molecule has 0 unspecified atom stereocenters. The highest BCUT2D eigenvalue weighted by Crippen LogP contribution is 2.37. The largest absolute Gasteiger partial charge is 0.712 e. The van der Waals surface area contributed by atoms with Gasteiger partial charge in [0.2, 0.25) is 11.8 Å². The van der Waals surface area contributed by atoms with E-state index in [1.54, 1.807) is 12.0 Å². The number of fused-ring (bicyclic) bond motifs is 1. The molecule has 1 aliphatic rings. The SMILES string of the molecule is CCCCNC(=O)[C@@H](C[C@H](N)[C@H](CC(C)(C)CC(=O)N1C[C@H](COCOC)Oc2ccccc21)N=[N-])C(C)C. The molecule has 1 aliphatic heterocycles. The number of nitrogens with zero attached hydrogens (tertiary/aromatic N) is 3. The van der Waals surface area contributed by atoms with Crippen LogP contribution in [0.4, 0.5) is 5.69 Å². The molecule has 0 radical (unpaired) electrons. The second kappa shape index (κ2) is 15.9. The van der Waals surface area contributed by atoms with Crippen LogP contribution in [0.25, 0.3) is 5.53 Å². The van der Waals surface area contributed by atoms with E-state index in [0.717, 1.165) is 18.5 Å². The third kappa shape index (κ3) is 10.2. The summed E-state index contributed by atoms with van der Waals surface area (Å²) in [5.74, 6) is 0.355. The van der Waals surface area contributed by atoms with Crippen molar-refractivity contribution in [3.8, 4) is 5.75 Å². The Labute approximate surface area is 233 Å². The lowest BCUT2D eigenvalue weighted by Gasteiger charge is -2.38. The summed E-state index contributed by atoms with van der Waals surface area (Å²) in [5.41, 5.74) is 16.6. The van der Waals surface area contributed by atoms with Gasteiger partial charge in [-0.3, -0.25) is 9.59 Å². The Morgan fingerprint density at radius 1 is 1.31 bits per heavy atom. The Kier molecular flexibility index (Phi) is 13.3. The number of nitrogens with one attached hydrogen (secondary N) is 1. The van der Waals surface area contributed by atoms with Crippen LogP contribution in [0.3, 0.4) is 0 Å². The number of hydrogen-bond donors (Lipinski definition) is 2. The summed E-state index contributed by atoms with van der Waals surface area (Å²) < 4.78 is 16.5. The van der Waals surface area contributed by atoms with E-state index in [-0.39, 0.29) is 43.0 Å². The van der Waals surface area contributed by atoms with E-state index in [1.165, 1.54) is 0 Å². The number of rotatable bonds is 17. The average molecular weight is 547 g/mol. The van der Waals surface area contributed by atoms with E-state index in [9.17, 15) is 15.1 Å². The van der Waals surface area contributed by atoms with Crippen LogP contribution in [0.15, 0.2) is 29.4 Å². The second-order valence-corrected chi connectivity index (χ2v) is 11.6. The first-order valence-corrected chi connectivity index (χ1v) is 14.0. The van der Waals surface area contributed by atoms with Crippen molar-refractivity contribution < 1.29 is 23.8 Å². The molecule has 0 aromatic heterocycles. The summed E-state index contributed by atoms with van der Waals surface area (Å²) >= 11 is 0. The molecule has 0 fully saturated rings. The fraction of sp³-hybridized carbons (Fsp3) is 0.724. The van der Waals surface area contributed by atoms with E-state index in [4.69, 9.17) is 19.9 Å². The molecule has 3 N–H and O–H groups in total. The lowest BCUT2D eigenvalue weighted by Crippen LogP contribution is -2.47. The van der Waals surface area contributed by atoms with Gasteiger partial charge in [0.1, 0.15) is 18.6 Å². The highest BCUT2D eigenvalue weighted by Gasteiger charge is 2.35. The number of carbonyl (C=O) groups is 2. The van der Waals surface area contributed by atoms with Gasteiger partial charge in [0.25, 0.3) is 0 Å². The van der Waals surface area contributed by atoms with Gasteiger partial charge < -0.3 is 40.8 Å². The van der Waals surface area contributed by atoms with Gasteiger partial charge in [0.05, 0.1) is 18.8 Å². The standard InChI is InChI=1S/C29H48N5O5/c1-7-8-13-32-28(36)22(20(2)3)14-23(30)24(33-31)15-29(4,5)16-27(35)34-17-21(18-38-19-37-6)39-26-12-10-9-11-25(26)34/h9-12,20-24H,7-8,13-19,30H2,1-6H3,(H,32,36)/q-1/t21-,22+,23+,24+/m1/s1. The van der Waals surface area contributed by atoms with Crippen LogP contribution in [0, 0.1) is 17.3 Å². The van der Waals surface area contributed by atoms with Crippen LogP contribution in [0.2, 0.25) is 0 Å². The number of carbonyl (C=O) groups excluding carboxylic acids is 2. The molecule has 2 rings (SSSR count). The number of ether oxygens (including phenoxy) is 3. The molecule has 0 bridgehead atoms. The third-order valence-corrected chi connectivity index (χ3v) is 7.17. The summed E-state index contributed by atoms with van der Waals surface area (Å²) in [6.07, 6.45) is 2.61. The maximum absolute atomic E-state index is 13.6. The van der Waals surface area contributed by atoms with Crippen molar-refractivity contribution in [3.05, 3.63) is 29.8 Å². The summed E-state index contributed by atoms with van der Waals surface area (Å²) in [6, 6.07) is 6.31. The smallest absolute Gasteiger partial charge is 0.227 e. The van der Waals surface area contributed by atoms with Gasteiger partial charge >= 0.3 is 0 Å². The molecule has 10 nitrogen and oxygen atoms in total. The van der Waals surface area contributed by atoms with Crippen molar-refractivity contribution in [2.75, 3.05) is 38.5 Å². The highest BCUT2D eigenvalue weighted by molar-refractivity contribution is 5.95. The topological polar surface area (TPSA) is 138 Å². The van der Waals surface area contributed by atoms with Gasteiger partial charge in [-0.2, -0.15) is 0 Å². The minimum atomic E-state index is -0.607. The van der Waals surface area contributed by atoms with Crippen LogP contribution in [-0.4, -0.2) is 63.6 Å². The molecule has 0 saturated heterocycles. The second-order valence-electron chi connectivity index (χ2n) is 11.6. The van der Waals surface area contributed by atoms with Gasteiger partial charge in [0, 0.05) is 38.1 Å². The van der Waals surface area contributed by atoms with E-state index in [0.29, 0.717) is 38.3 Å². The molecular weight excluding hydrogens is 498 g/mol. The number of methoxy groups -OCH3 is 1. The van der Waals surface area contributed by atoms with E-state index >= 15 is 0 Å². The van der Waals surface area contributed by atoms with Crippen molar-refractivity contribution in [1.29, 1.82) is 0 Å². The molecule has 0 saturated carbocycles. The molecule has 1 heterocycles. The lowest BCUT2D eigenvalue weighted by atomic mass is 9.78. The van der Waals surface area contributed by atoms with Crippen molar-refractivity contribution in [2.45, 2.75) is 84.9 Å². The van der Waals surface area contributed by atoms with Crippen LogP contribution >= 0.6 is 0 Å². The van der Waals surface area contributed by atoms with Crippen LogP contribution < -0.4 is 20.7 Å². The molecule has 1 aromatic carbocycles. The van der Waals surface area contributed by atoms with Gasteiger partial charge in [-0.05, 0) is 42.7 Å². The third-order valence-electron chi connectivity index (χ3n) is 7.17. The molecular formula is C29H48N5O5-. The normalized spacial score (nSPS) is 17.6. The Morgan fingerprint density at radius 2 is 2.03 bits per heavy atom. The quantitative estimate of drug-likeness (QED) is 0.168. The van der Waals surface area contributed by atoms with Gasteiger partial charge in [0.15, 0.2) is 0 Å². The number of para-hydroxylation sites is 2. The fourth-order valence-corrected chi connectivity index (χ4v) is 4.96. The number of nitrogens with two attached hydrogens (primary N) is 1. The summed E-state index contributed by atoms with van der Waals surface area (Å²) in [4.78, 5) is 28.1. The molecule has 0 spiro atoms. The summed E-state index contributed by atoms with van der Waals surface area (Å²) in [6.45, 7) is 11.4. The molecule has 220 valence electrons. The van der Waals surface area contributed by atoms with Crippen LogP contribution in [0.1, 0.15) is 66.7 Å². The van der Waals surface area contributed by atoms with E-state index in [2.05, 4.69) is 17.4 Å². The Hall–Kier alpha value is -2.56. The van der Waals surface area contributed by atoms with E-state index < -0.39 is 17.5 Å². The molecule has 2 amide bonds. The van der Waals surface area contributed by atoms with Crippen molar-refractivity contribution in [2.24, 2.45) is 28.1 Å². The monoisotopic (exact) mass is 546 g/mol. The number of hydrogen-bond acceptors (Lipinski definition) is 7. The van der Waals surface area contributed by atoms with Gasteiger partial charge in [-0.15, -0.1) is 0 Å². The zero-order chi connectivity index (χ0) is 29.0. The zero-order valence-electron chi connectivity index (χ0n) is 24.5. The van der Waals surface area contributed by atoms with Crippen molar-refractivity contribution in [3.63, 3.8) is 0 Å². The van der Waals surface area contributed by atoms with Crippen molar-refractivity contribution in [1.82, 2.24) is 5.32 Å². The number of unbranched alkanes of at least 4 members (excludes halogenated alkanes) is 1. The maximum Gasteiger partial charge on any atom is 0.227 e. The first-order valence-electron chi connectivity index (χ1n) is 14.0. The predicted molar refractivity (Wildman–Crippen MR) is 152 cm³/mol. The molecule has 4 atom stereocenters.